The van der Waals surface area contributed by atoms with Crippen LogP contribution in [0.1, 0.15) is 0 Å². The molecule has 0 aliphatic carbocycles. The summed E-state index contributed by atoms with van der Waals surface area (Å²) in [5.41, 5.74) is 0. The zero-order valence-electron chi connectivity index (χ0n) is 3.03. The van der Waals surface area contributed by atoms with Gasteiger partial charge in [0.2, 0.25) is 0 Å². The Labute approximate surface area is 82.2 Å². The van der Waals surface area contributed by atoms with E-state index in [1.54, 1.807) is 0 Å². The van der Waals surface area contributed by atoms with Crippen LogP contribution >= 0.6 is 67.8 Å². The molecule has 0 fully saturated rings. The Bertz CT molecular complexity index is 65.8. The van der Waals surface area contributed by atoms with E-state index in [9.17, 15) is 4.79 Å². The lowest BCUT2D eigenvalue weighted by atomic mass is 11.5. The Morgan fingerprint density at radius 3 is 1.86 bits per heavy atom. The lowest BCUT2D eigenvalue weighted by molar-refractivity contribution is -0.127. The van der Waals surface area contributed by atoms with Crippen LogP contribution in [-0.4, -0.2) is 6.09 Å². The van der Waals surface area contributed by atoms with Gasteiger partial charge in [0, 0.05) is 0 Å². The predicted octanol–water partition coefficient (Wildman–Crippen LogP) is 2.08. The molecule has 0 aromatic carbocycles. The molecule has 0 saturated carbocycles. The van der Waals surface area contributed by atoms with Gasteiger partial charge in [0.1, 0.15) is 0 Å². The first-order valence-corrected chi connectivity index (χ1v) is 4.48. The van der Waals surface area contributed by atoms with Crippen LogP contribution in [-0.2, 0) is 9.53 Å². The number of carbonyl (C=O) groups is 1. The van der Waals surface area contributed by atoms with Crippen molar-refractivity contribution in [3.05, 3.63) is 0 Å². The highest BCUT2D eigenvalue weighted by Crippen LogP contribution is 2.35. The van der Waals surface area contributed by atoms with Crippen LogP contribution in [0.4, 0.5) is 0 Å². The van der Waals surface area contributed by atoms with E-state index in [1.807, 2.05) is 67.8 Å². The lowest BCUT2D eigenvalue weighted by Gasteiger charge is -2.06. The van der Waals surface area contributed by atoms with E-state index < -0.39 is -0.379 Å². The van der Waals surface area contributed by atoms with Crippen LogP contribution in [0, 0.1) is 0 Å². The molecule has 0 aromatic rings. The minimum atomic E-state index is -0.408. The first kappa shape index (κ1) is 8.66. The maximum Gasteiger partial charge on any atom is 0.295 e. The van der Waals surface area contributed by atoms with E-state index in [1.165, 1.54) is 0 Å². The van der Waals surface area contributed by atoms with Gasteiger partial charge in [0.25, 0.3) is 6.09 Å². The van der Waals surface area contributed by atoms with Gasteiger partial charge in [-0.1, -0.05) is 0 Å². The van der Waals surface area contributed by atoms with Gasteiger partial charge < -0.3 is 4.74 Å². The van der Waals surface area contributed by atoms with Gasteiger partial charge in [-0.05, 0) is 67.8 Å². The summed E-state index contributed by atoms with van der Waals surface area (Å²) in [4.78, 5) is 9.58. The van der Waals surface area contributed by atoms with E-state index in [0.29, 0.717) is 6.47 Å². The lowest BCUT2D eigenvalue weighted by Crippen LogP contribution is -2.02. The molecular formula is C2HI3O2. The number of rotatable bonds is 2. The number of ether oxygens (including phenoxy) is 1. The minimum absolute atomic E-state index is 0.408. The molecule has 0 unspecified atom stereocenters. The average molecular weight is 438 g/mol. The average Bonchev–Trinajstić information content (AvgIpc) is 1.30. The quantitative estimate of drug-likeness (QED) is 0.376. The van der Waals surface area contributed by atoms with Gasteiger partial charge in [-0.3, -0.25) is 4.79 Å². The Kier molecular flexibility index (Phi) is 4.50. The third-order valence-corrected chi connectivity index (χ3v) is 0.945. The van der Waals surface area contributed by atoms with Gasteiger partial charge >= 0.3 is 0 Å². The van der Waals surface area contributed by atoms with Crippen LogP contribution in [0.2, 0.25) is 0 Å². The van der Waals surface area contributed by atoms with E-state index >= 15 is 0 Å². The standard InChI is InChI=1S/C2HI3O2/c3-2(4,5)7-1-6/h1H. The monoisotopic (exact) mass is 438 g/mol. The highest BCUT2D eigenvalue weighted by molar-refractivity contribution is 14.3. The number of hydrogen-bond acceptors (Lipinski definition) is 2. The fourth-order valence-electron chi connectivity index (χ4n) is 0.0546. The van der Waals surface area contributed by atoms with Crippen molar-refractivity contribution in [2.75, 3.05) is 0 Å². The zero-order valence-corrected chi connectivity index (χ0v) is 9.50. The summed E-state index contributed by atoms with van der Waals surface area (Å²) >= 11 is 5.99. The number of alkyl halides is 3. The van der Waals surface area contributed by atoms with Crippen molar-refractivity contribution >= 4 is 74.2 Å². The maximum absolute atomic E-state index is 9.58. The van der Waals surface area contributed by atoms with Crippen molar-refractivity contribution in [1.82, 2.24) is 0 Å². The molecule has 0 atom stereocenters. The first-order valence-electron chi connectivity index (χ1n) is 1.24. The molecule has 0 N–H and O–H groups in total. The topological polar surface area (TPSA) is 26.3 Å². The second-order valence-electron chi connectivity index (χ2n) is 0.660. The van der Waals surface area contributed by atoms with Crippen LogP contribution in [0.15, 0.2) is 0 Å². The highest BCUT2D eigenvalue weighted by atomic mass is 127. The van der Waals surface area contributed by atoms with Crippen molar-refractivity contribution in [1.29, 1.82) is 0 Å². The van der Waals surface area contributed by atoms with E-state index in [-0.39, 0.29) is 0 Å². The van der Waals surface area contributed by atoms with Crippen LogP contribution in [0.3, 0.4) is 0 Å². The fraction of sp³-hybridized carbons (Fsp3) is 0.500. The summed E-state index contributed by atoms with van der Waals surface area (Å²) in [6.07, 6.45) is 0. The molecule has 42 valence electrons. The molecule has 2 nitrogen and oxygen atoms in total. The molecule has 5 heteroatoms. The summed E-state index contributed by atoms with van der Waals surface area (Å²) in [5, 5.41) is 0. The second kappa shape index (κ2) is 3.64. The van der Waals surface area contributed by atoms with E-state index in [2.05, 4.69) is 4.74 Å². The van der Waals surface area contributed by atoms with Gasteiger partial charge in [-0.2, -0.15) is 0 Å². The molecule has 0 aliphatic rings. The molecule has 0 saturated heterocycles. The van der Waals surface area contributed by atoms with Crippen molar-refractivity contribution < 1.29 is 9.53 Å². The predicted molar refractivity (Wildman–Crippen MR) is 51.9 cm³/mol. The van der Waals surface area contributed by atoms with Crippen LogP contribution in [0.25, 0.3) is 0 Å². The minimum Gasteiger partial charge on any atom is -0.432 e. The molecular weight excluding hydrogens is 437 g/mol. The van der Waals surface area contributed by atoms with E-state index in [0.717, 1.165) is 0 Å². The van der Waals surface area contributed by atoms with Crippen molar-refractivity contribution in [2.24, 2.45) is 0 Å². The third kappa shape index (κ3) is 7.66. The molecule has 0 radical (unpaired) electrons. The first-order chi connectivity index (χ1) is 3.06. The molecule has 0 aliphatic heterocycles. The van der Waals surface area contributed by atoms with Crippen molar-refractivity contribution in [2.45, 2.75) is -0.379 Å². The van der Waals surface area contributed by atoms with Gasteiger partial charge in [0.05, 0.1) is 0 Å². The van der Waals surface area contributed by atoms with Crippen molar-refractivity contribution in [3.8, 4) is 0 Å². The normalized spacial score (nSPS) is 10.7. The second-order valence-corrected chi connectivity index (χ2v) is 11.4. The Balaban J connectivity index is 3.34. The maximum atomic E-state index is 9.58. The molecule has 0 amide bonds. The molecule has 0 heterocycles. The number of hydrogen-bond donors (Lipinski definition) is 0. The summed E-state index contributed by atoms with van der Waals surface area (Å²) in [6.45, 7) is 0.436. The molecule has 0 bridgehead atoms. The smallest absolute Gasteiger partial charge is 0.295 e. The molecule has 0 spiro atoms. The number of carbonyl (C=O) groups excluding carboxylic acids is 1. The Hall–Kier alpha value is 1.66. The number of halogens is 3. The van der Waals surface area contributed by atoms with Gasteiger partial charge in [0.15, 0.2) is 0 Å². The SMILES string of the molecule is O=COC(I)(I)I. The Morgan fingerprint density at radius 2 is 1.86 bits per heavy atom. The van der Waals surface area contributed by atoms with E-state index in [4.69, 9.17) is 0 Å². The summed E-state index contributed by atoms with van der Waals surface area (Å²) in [5.74, 6) is 0. The van der Waals surface area contributed by atoms with Gasteiger partial charge in [-0.25, -0.2) is 0 Å². The summed E-state index contributed by atoms with van der Waals surface area (Å²) in [6, 6.07) is 0. The van der Waals surface area contributed by atoms with Gasteiger partial charge in [-0.15, -0.1) is 0 Å². The van der Waals surface area contributed by atoms with Crippen LogP contribution in [0.5, 0.6) is 0 Å². The zero-order chi connectivity index (χ0) is 5.91. The Morgan fingerprint density at radius 1 is 1.43 bits per heavy atom. The molecule has 0 rings (SSSR count). The molecule has 0 aromatic heterocycles. The summed E-state index contributed by atoms with van der Waals surface area (Å²) < 4.78 is 4.10. The van der Waals surface area contributed by atoms with Crippen LogP contribution < -0.4 is 0 Å². The molecule has 7 heavy (non-hydrogen) atoms. The summed E-state index contributed by atoms with van der Waals surface area (Å²) in [7, 11) is 0. The van der Waals surface area contributed by atoms with Crippen molar-refractivity contribution in [3.63, 3.8) is 0 Å². The highest BCUT2D eigenvalue weighted by Gasteiger charge is 2.16. The largest absolute Gasteiger partial charge is 0.432 e. The third-order valence-electron chi connectivity index (χ3n) is 0.182. The fourth-order valence-corrected chi connectivity index (χ4v) is 0.366.